The average Bonchev–Trinajstić information content (AvgIpc) is 3.48. The maximum atomic E-state index is 12.5. The number of nitrogens with two attached hydrogens (primary N) is 1. The molecule has 0 spiro atoms. The molecule has 0 unspecified atom stereocenters. The number of hydrogen-bond acceptors (Lipinski definition) is 9. The molecule has 4 bridgehead atoms. The van der Waals surface area contributed by atoms with Gasteiger partial charge < -0.3 is 31.1 Å². The van der Waals surface area contributed by atoms with E-state index in [0.717, 1.165) is 38.5 Å². The molecule has 1 amide bonds. The van der Waals surface area contributed by atoms with Gasteiger partial charge in [-0.1, -0.05) is 5.92 Å². The Bertz CT molecular complexity index is 1270. The number of anilines is 1. The predicted octanol–water partition coefficient (Wildman–Crippen LogP) is -0.155. The van der Waals surface area contributed by atoms with E-state index in [1.165, 1.54) is 17.3 Å². The van der Waals surface area contributed by atoms with Crippen LogP contribution in [0.15, 0.2) is 6.33 Å². The highest BCUT2D eigenvalue weighted by Crippen LogP contribution is 2.58. The zero-order valence-corrected chi connectivity index (χ0v) is 19.7. The third-order valence-corrected chi connectivity index (χ3v) is 8.90. The molecule has 4 atom stereocenters. The number of ether oxygens (including phenoxy) is 1. The molecular weight excluding hydrogens is 464 g/mol. The van der Waals surface area contributed by atoms with Gasteiger partial charge in [0, 0.05) is 6.04 Å². The lowest BCUT2D eigenvalue weighted by molar-refractivity contribution is -0.137. The van der Waals surface area contributed by atoms with E-state index in [0.29, 0.717) is 17.4 Å². The zero-order valence-electron chi connectivity index (χ0n) is 19.7. The summed E-state index contributed by atoms with van der Waals surface area (Å²) in [7, 11) is 0. The molecule has 5 aliphatic carbocycles. The largest absolute Gasteiger partial charge is 0.387 e. The summed E-state index contributed by atoms with van der Waals surface area (Å²) >= 11 is 0. The fourth-order valence-electron chi connectivity index (χ4n) is 7.06. The molecule has 2 aromatic rings. The van der Waals surface area contributed by atoms with Crippen LogP contribution < -0.4 is 11.1 Å². The molecule has 1 aliphatic heterocycles. The minimum absolute atomic E-state index is 0.0940. The van der Waals surface area contributed by atoms with Crippen molar-refractivity contribution in [3.8, 4) is 11.8 Å². The van der Waals surface area contributed by atoms with Crippen molar-refractivity contribution in [2.24, 2.45) is 23.7 Å². The number of nitrogens with zero attached hydrogens (tertiary/aromatic N) is 4. The van der Waals surface area contributed by atoms with Crippen molar-refractivity contribution >= 4 is 22.9 Å². The van der Waals surface area contributed by atoms with Crippen molar-refractivity contribution in [3.05, 3.63) is 12.2 Å². The predicted molar refractivity (Wildman–Crippen MR) is 126 cm³/mol. The lowest BCUT2D eigenvalue weighted by Gasteiger charge is -2.56. The summed E-state index contributed by atoms with van der Waals surface area (Å²) in [5.74, 6) is 7.63. The minimum atomic E-state index is -1.41. The molecule has 11 nitrogen and oxygen atoms in total. The van der Waals surface area contributed by atoms with Crippen LogP contribution in [0.25, 0.3) is 11.2 Å². The molecule has 6 aliphatic rings. The Morgan fingerprint density at radius 3 is 2.47 bits per heavy atom. The number of carbonyl (C=O) groups is 1. The van der Waals surface area contributed by atoms with Crippen molar-refractivity contribution in [2.45, 2.75) is 81.1 Å². The smallest absolute Gasteiger partial charge is 0.252 e. The van der Waals surface area contributed by atoms with Crippen LogP contribution in [-0.2, 0) is 9.53 Å². The first-order valence-corrected chi connectivity index (χ1v) is 12.9. The lowest BCUT2D eigenvalue weighted by Crippen LogP contribution is -2.56. The van der Waals surface area contributed by atoms with E-state index in [9.17, 15) is 20.1 Å². The van der Waals surface area contributed by atoms with E-state index in [-0.39, 0.29) is 35.2 Å². The van der Waals surface area contributed by atoms with Crippen molar-refractivity contribution in [1.82, 2.24) is 24.8 Å². The summed E-state index contributed by atoms with van der Waals surface area (Å²) in [4.78, 5) is 25.5. The highest BCUT2D eigenvalue weighted by molar-refractivity contribution is 5.83. The summed E-state index contributed by atoms with van der Waals surface area (Å²) in [6.45, 7) is 0. The van der Waals surface area contributed by atoms with Crippen LogP contribution in [0, 0.1) is 35.5 Å². The molecule has 190 valence electrons. The minimum Gasteiger partial charge on any atom is -0.387 e. The van der Waals surface area contributed by atoms with Crippen LogP contribution >= 0.6 is 0 Å². The number of aromatic nitrogens is 4. The van der Waals surface area contributed by atoms with Gasteiger partial charge >= 0.3 is 0 Å². The van der Waals surface area contributed by atoms with Crippen LogP contribution in [0.1, 0.15) is 57.0 Å². The van der Waals surface area contributed by atoms with E-state index in [1.54, 1.807) is 0 Å². The molecule has 2 aromatic heterocycles. The number of nitrogen functional groups attached to an aromatic ring is 1. The molecular formula is C25H30N6O5. The second-order valence-electron chi connectivity index (χ2n) is 11.3. The normalized spacial score (nSPS) is 40.9. The summed E-state index contributed by atoms with van der Waals surface area (Å²) in [5.41, 5.74) is 5.67. The van der Waals surface area contributed by atoms with Gasteiger partial charge in [-0.15, -0.1) is 0 Å². The van der Waals surface area contributed by atoms with Gasteiger partial charge in [-0.2, -0.15) is 0 Å². The number of aliphatic hydroxyl groups excluding tert-OH is 2. The molecule has 0 radical (unpaired) electrons. The van der Waals surface area contributed by atoms with Crippen molar-refractivity contribution in [1.29, 1.82) is 0 Å². The Morgan fingerprint density at radius 1 is 1.11 bits per heavy atom. The second kappa shape index (κ2) is 7.86. The highest BCUT2D eigenvalue weighted by atomic mass is 16.6. The van der Waals surface area contributed by atoms with E-state index in [2.05, 4.69) is 32.1 Å². The van der Waals surface area contributed by atoms with Crippen LogP contribution in [0.2, 0.25) is 0 Å². The number of rotatable bonds is 3. The van der Waals surface area contributed by atoms with E-state index >= 15 is 0 Å². The molecule has 5 saturated carbocycles. The number of fused-ring (bicyclic) bond motifs is 1. The Kier molecular flexibility index (Phi) is 4.89. The third-order valence-electron chi connectivity index (χ3n) is 8.90. The van der Waals surface area contributed by atoms with E-state index in [1.807, 2.05) is 0 Å². The number of carbonyl (C=O) groups excluding carboxylic acids is 1. The number of imidazole rings is 1. The van der Waals surface area contributed by atoms with Gasteiger partial charge in [-0.25, -0.2) is 15.0 Å². The van der Waals surface area contributed by atoms with Crippen molar-refractivity contribution in [2.75, 3.05) is 5.73 Å². The van der Waals surface area contributed by atoms with Crippen molar-refractivity contribution < 1.29 is 24.9 Å². The first-order chi connectivity index (χ1) is 17.3. The number of nitrogens with one attached hydrogen (secondary N) is 1. The summed E-state index contributed by atoms with van der Waals surface area (Å²) in [5, 5.41) is 35.5. The van der Waals surface area contributed by atoms with Gasteiger partial charge in [0.2, 0.25) is 5.82 Å². The first-order valence-electron chi connectivity index (χ1n) is 12.9. The standard InChI is InChI=1S/C25H30N6O5/c26-21-17-22(31(10-27-17)24-19(33)18(32)20(36-24)23(34)28-15-1-2-15)30-16(29-21)3-4-25(35)13-6-11-5-12(8-13)9-14(25)7-11/h10-15,18-20,24,32-33,35H,1-2,5-9H2,(H,28,34)(H2,26,29,30)/t11?,12?,13?,14?,18-,19+,20-,24+,25?/m0/s1. The molecule has 36 heavy (non-hydrogen) atoms. The monoisotopic (exact) mass is 494 g/mol. The molecule has 6 N–H and O–H groups in total. The maximum Gasteiger partial charge on any atom is 0.252 e. The molecule has 0 aromatic carbocycles. The Labute approximate surface area is 207 Å². The van der Waals surface area contributed by atoms with E-state index < -0.39 is 36.0 Å². The molecule has 6 fully saturated rings. The summed E-state index contributed by atoms with van der Waals surface area (Å²) < 4.78 is 7.22. The Balaban J connectivity index is 1.19. The number of amides is 1. The maximum absolute atomic E-state index is 12.5. The molecule has 11 heteroatoms. The van der Waals surface area contributed by atoms with Crippen LogP contribution in [0.4, 0.5) is 5.82 Å². The highest BCUT2D eigenvalue weighted by Gasteiger charge is 2.56. The fraction of sp³-hybridized carbons (Fsp3) is 0.680. The summed E-state index contributed by atoms with van der Waals surface area (Å²) in [6, 6.07) is 0.0940. The zero-order chi connectivity index (χ0) is 24.8. The lowest BCUT2D eigenvalue weighted by atomic mass is 9.50. The topological polar surface area (TPSA) is 169 Å². The van der Waals surface area contributed by atoms with Gasteiger partial charge in [0.15, 0.2) is 23.8 Å². The third kappa shape index (κ3) is 3.43. The SMILES string of the molecule is Nc1nc(C#CC2(O)C3CC4CC(C3)CC2C4)nc2c1ncn2[C@@H]1O[C@H](C(=O)NC2CC2)[C@@H](O)[C@H]1O. The summed E-state index contributed by atoms with van der Waals surface area (Å²) in [6.07, 6.45) is 3.43. The van der Waals surface area contributed by atoms with Gasteiger partial charge in [-0.05, 0) is 74.5 Å². The first kappa shape index (κ1) is 22.4. The van der Waals surface area contributed by atoms with Crippen LogP contribution in [0.3, 0.4) is 0 Å². The molecule has 8 rings (SSSR count). The van der Waals surface area contributed by atoms with Gasteiger partial charge in [0.05, 0.1) is 6.33 Å². The number of hydrogen-bond donors (Lipinski definition) is 5. The van der Waals surface area contributed by atoms with E-state index in [4.69, 9.17) is 10.5 Å². The Morgan fingerprint density at radius 2 is 1.81 bits per heavy atom. The quantitative estimate of drug-likeness (QED) is 0.364. The number of aliphatic hydroxyl groups is 3. The fourth-order valence-corrected chi connectivity index (χ4v) is 7.06. The van der Waals surface area contributed by atoms with Crippen LogP contribution in [-0.4, -0.2) is 70.7 Å². The second-order valence-corrected chi connectivity index (χ2v) is 11.3. The van der Waals surface area contributed by atoms with Crippen molar-refractivity contribution in [3.63, 3.8) is 0 Å². The Hall–Kier alpha value is -2.78. The molecule has 3 heterocycles. The van der Waals surface area contributed by atoms with Crippen LogP contribution in [0.5, 0.6) is 0 Å². The molecule has 1 saturated heterocycles. The van der Waals surface area contributed by atoms with Gasteiger partial charge in [0.1, 0.15) is 23.3 Å². The van der Waals surface area contributed by atoms with Gasteiger partial charge in [-0.3, -0.25) is 9.36 Å². The van der Waals surface area contributed by atoms with Gasteiger partial charge in [0.25, 0.3) is 5.91 Å². The average molecular weight is 495 g/mol.